The Bertz CT molecular complexity index is 689. The van der Waals surface area contributed by atoms with Gasteiger partial charge < -0.3 is 5.11 Å². The van der Waals surface area contributed by atoms with Gasteiger partial charge in [-0.25, -0.2) is 13.1 Å². The molecule has 0 aromatic carbocycles. The summed E-state index contributed by atoms with van der Waals surface area (Å²) < 4.78 is 27.2. The average molecular weight is 315 g/mol. The molecule has 0 amide bonds. The highest BCUT2D eigenvalue weighted by molar-refractivity contribution is 7.89. The zero-order valence-electron chi connectivity index (χ0n) is 11.3. The number of aryl methyl sites for hydroxylation is 2. The summed E-state index contributed by atoms with van der Waals surface area (Å²) >= 11 is 1.53. The van der Waals surface area contributed by atoms with Gasteiger partial charge in [0.1, 0.15) is 10.6 Å². The zero-order valence-corrected chi connectivity index (χ0v) is 12.9. The van der Waals surface area contributed by atoms with Gasteiger partial charge in [0, 0.05) is 11.4 Å². The molecule has 0 bridgehead atoms. The van der Waals surface area contributed by atoms with Crippen molar-refractivity contribution in [1.29, 1.82) is 0 Å². The zero-order chi connectivity index (χ0) is 14.8. The standard InChI is InChI=1S/C12H17N3O3S2/c1-3-9-4-5-19-11(9)6-13-20(17,18)12-8(2)14-15-10(12)7-16/h4-5,13,16H,3,6-7H2,1-2H3,(H,14,15). The van der Waals surface area contributed by atoms with Gasteiger partial charge >= 0.3 is 0 Å². The molecule has 0 aliphatic heterocycles. The van der Waals surface area contributed by atoms with Gasteiger partial charge in [0.15, 0.2) is 0 Å². The number of hydrogen-bond acceptors (Lipinski definition) is 5. The lowest BCUT2D eigenvalue weighted by molar-refractivity contribution is 0.273. The summed E-state index contributed by atoms with van der Waals surface area (Å²) in [4.78, 5) is 1.04. The molecule has 0 saturated carbocycles. The highest BCUT2D eigenvalue weighted by Gasteiger charge is 2.24. The Kier molecular flexibility index (Phi) is 4.59. The van der Waals surface area contributed by atoms with E-state index in [0.29, 0.717) is 5.69 Å². The summed E-state index contributed by atoms with van der Waals surface area (Å²) in [6.45, 7) is 3.48. The molecule has 0 atom stereocenters. The van der Waals surface area contributed by atoms with E-state index in [1.54, 1.807) is 6.92 Å². The van der Waals surface area contributed by atoms with Gasteiger partial charge in [-0.1, -0.05) is 6.92 Å². The number of sulfonamides is 1. The first-order chi connectivity index (χ1) is 9.49. The number of H-pyrrole nitrogens is 1. The molecule has 0 saturated heterocycles. The molecule has 8 heteroatoms. The summed E-state index contributed by atoms with van der Waals surface area (Å²) in [6.07, 6.45) is 0.868. The summed E-state index contributed by atoms with van der Waals surface area (Å²) in [7, 11) is -3.69. The third-order valence-electron chi connectivity index (χ3n) is 3.02. The fourth-order valence-corrected chi connectivity index (χ4v) is 4.36. The molecule has 2 aromatic rings. The lowest BCUT2D eigenvalue weighted by Crippen LogP contribution is -2.24. The minimum Gasteiger partial charge on any atom is -0.390 e. The topological polar surface area (TPSA) is 95.1 Å². The fraction of sp³-hybridized carbons (Fsp3) is 0.417. The van der Waals surface area contributed by atoms with Crippen molar-refractivity contribution in [1.82, 2.24) is 14.9 Å². The van der Waals surface area contributed by atoms with Crippen molar-refractivity contribution in [2.75, 3.05) is 0 Å². The van der Waals surface area contributed by atoms with Gasteiger partial charge in [-0.2, -0.15) is 5.10 Å². The molecule has 0 spiro atoms. The Balaban J connectivity index is 2.22. The van der Waals surface area contributed by atoms with Crippen LogP contribution in [0.15, 0.2) is 16.3 Å². The maximum atomic E-state index is 12.3. The fourth-order valence-electron chi connectivity index (χ4n) is 2.00. The highest BCUT2D eigenvalue weighted by atomic mass is 32.2. The van der Waals surface area contributed by atoms with Gasteiger partial charge in [0.05, 0.1) is 12.3 Å². The first kappa shape index (κ1) is 15.2. The van der Waals surface area contributed by atoms with Crippen molar-refractivity contribution in [3.8, 4) is 0 Å². The first-order valence-corrected chi connectivity index (χ1v) is 8.55. The van der Waals surface area contributed by atoms with E-state index in [1.807, 2.05) is 18.4 Å². The van der Waals surface area contributed by atoms with E-state index in [2.05, 4.69) is 14.9 Å². The predicted molar refractivity (Wildman–Crippen MR) is 77.0 cm³/mol. The molecule has 0 fully saturated rings. The van der Waals surface area contributed by atoms with Crippen LogP contribution in [0.1, 0.15) is 28.8 Å². The molecule has 2 aromatic heterocycles. The highest BCUT2D eigenvalue weighted by Crippen LogP contribution is 2.20. The minimum absolute atomic E-state index is 0.0367. The maximum Gasteiger partial charge on any atom is 0.244 e. The number of rotatable bonds is 6. The quantitative estimate of drug-likeness (QED) is 0.749. The molecule has 2 heterocycles. The second-order valence-corrected chi connectivity index (χ2v) is 7.03. The Morgan fingerprint density at radius 3 is 2.90 bits per heavy atom. The van der Waals surface area contributed by atoms with Crippen molar-refractivity contribution >= 4 is 21.4 Å². The number of thiophene rings is 1. The van der Waals surface area contributed by atoms with E-state index < -0.39 is 16.6 Å². The molecular formula is C12H17N3O3S2. The Hall–Kier alpha value is -1.22. The van der Waals surface area contributed by atoms with Crippen LogP contribution < -0.4 is 4.72 Å². The third-order valence-corrected chi connectivity index (χ3v) is 5.59. The van der Waals surface area contributed by atoms with E-state index in [9.17, 15) is 8.42 Å². The van der Waals surface area contributed by atoms with Crippen molar-refractivity contribution in [2.24, 2.45) is 0 Å². The molecule has 0 aliphatic carbocycles. The minimum atomic E-state index is -3.69. The number of aromatic amines is 1. The molecule has 6 nitrogen and oxygen atoms in total. The van der Waals surface area contributed by atoms with Gasteiger partial charge in [-0.15, -0.1) is 11.3 Å². The predicted octanol–water partition coefficient (Wildman–Crippen LogP) is 1.31. The van der Waals surface area contributed by atoms with Crippen LogP contribution in [0.25, 0.3) is 0 Å². The van der Waals surface area contributed by atoms with Gasteiger partial charge in [0.2, 0.25) is 10.0 Å². The molecule has 3 N–H and O–H groups in total. The number of hydrogen-bond donors (Lipinski definition) is 3. The van der Waals surface area contributed by atoms with Gasteiger partial charge in [-0.05, 0) is 30.4 Å². The monoisotopic (exact) mass is 315 g/mol. The Morgan fingerprint density at radius 1 is 1.50 bits per heavy atom. The van der Waals surface area contributed by atoms with E-state index in [1.165, 1.54) is 11.3 Å². The van der Waals surface area contributed by atoms with Crippen LogP contribution in [-0.4, -0.2) is 23.7 Å². The third kappa shape index (κ3) is 2.93. The smallest absolute Gasteiger partial charge is 0.244 e. The van der Waals surface area contributed by atoms with Crippen LogP contribution in [0.4, 0.5) is 0 Å². The molecule has 0 unspecified atom stereocenters. The summed E-state index contributed by atoms with van der Waals surface area (Å²) in [6, 6.07) is 2.00. The Morgan fingerprint density at radius 2 is 2.25 bits per heavy atom. The second-order valence-electron chi connectivity index (χ2n) is 4.33. The number of nitrogens with one attached hydrogen (secondary N) is 2. The van der Waals surface area contributed by atoms with Crippen molar-refractivity contribution < 1.29 is 13.5 Å². The lowest BCUT2D eigenvalue weighted by atomic mass is 10.2. The van der Waals surface area contributed by atoms with Crippen LogP contribution in [0, 0.1) is 6.92 Å². The van der Waals surface area contributed by atoms with Crippen LogP contribution >= 0.6 is 11.3 Å². The molecule has 2 rings (SSSR count). The van der Waals surface area contributed by atoms with Crippen molar-refractivity contribution in [3.63, 3.8) is 0 Å². The van der Waals surface area contributed by atoms with Crippen LogP contribution in [0.2, 0.25) is 0 Å². The summed E-state index contributed by atoms with van der Waals surface area (Å²) in [5.41, 5.74) is 1.70. The van der Waals surface area contributed by atoms with E-state index in [-0.39, 0.29) is 17.1 Å². The second kappa shape index (κ2) is 6.04. The van der Waals surface area contributed by atoms with Crippen LogP contribution in [-0.2, 0) is 29.6 Å². The first-order valence-electron chi connectivity index (χ1n) is 6.19. The van der Waals surface area contributed by atoms with E-state index in [4.69, 9.17) is 5.11 Å². The largest absolute Gasteiger partial charge is 0.390 e. The Labute approximate surface area is 121 Å². The van der Waals surface area contributed by atoms with Crippen molar-refractivity contribution in [3.05, 3.63) is 33.3 Å². The number of nitrogens with zero attached hydrogens (tertiary/aromatic N) is 1. The lowest BCUT2D eigenvalue weighted by Gasteiger charge is -2.07. The summed E-state index contributed by atoms with van der Waals surface area (Å²) in [5.74, 6) is 0. The molecule has 0 radical (unpaired) electrons. The number of aromatic nitrogens is 2. The number of aliphatic hydroxyl groups excluding tert-OH is 1. The van der Waals surface area contributed by atoms with E-state index in [0.717, 1.165) is 16.9 Å². The van der Waals surface area contributed by atoms with Crippen LogP contribution in [0.5, 0.6) is 0 Å². The normalized spacial score (nSPS) is 11.9. The molecule has 20 heavy (non-hydrogen) atoms. The number of aliphatic hydroxyl groups is 1. The molecular weight excluding hydrogens is 298 g/mol. The van der Waals surface area contributed by atoms with Gasteiger partial charge in [-0.3, -0.25) is 5.10 Å². The SMILES string of the molecule is CCc1ccsc1CNS(=O)(=O)c1c(CO)n[nH]c1C. The van der Waals surface area contributed by atoms with Gasteiger partial charge in [0.25, 0.3) is 0 Å². The molecule has 110 valence electrons. The molecule has 0 aliphatic rings. The maximum absolute atomic E-state index is 12.3. The average Bonchev–Trinajstić information content (AvgIpc) is 3.02. The van der Waals surface area contributed by atoms with E-state index >= 15 is 0 Å². The van der Waals surface area contributed by atoms with Crippen LogP contribution in [0.3, 0.4) is 0 Å². The van der Waals surface area contributed by atoms with Crippen molar-refractivity contribution in [2.45, 2.75) is 38.3 Å². The summed E-state index contributed by atoms with van der Waals surface area (Å²) in [5, 5.41) is 17.5.